The summed E-state index contributed by atoms with van der Waals surface area (Å²) in [5.74, 6) is 0.331. The zero-order chi connectivity index (χ0) is 29.8. The van der Waals surface area contributed by atoms with Crippen LogP contribution in [0.15, 0.2) is 84.9 Å². The Morgan fingerprint density at radius 1 is 0.786 bits per heavy atom. The summed E-state index contributed by atoms with van der Waals surface area (Å²) in [6.45, 7) is 6.71. The largest absolute Gasteiger partial charge is 0.444 e. The Labute approximate surface area is 249 Å². The second-order valence-electron chi connectivity index (χ2n) is 12.1. The molecule has 0 radical (unpaired) electrons. The normalized spacial score (nSPS) is 17.7. The molecular formula is C35H44N2O5. The molecule has 1 aliphatic carbocycles. The maximum absolute atomic E-state index is 13.3. The van der Waals surface area contributed by atoms with E-state index in [1.54, 1.807) is 0 Å². The summed E-state index contributed by atoms with van der Waals surface area (Å²) in [7, 11) is 0. The van der Waals surface area contributed by atoms with Gasteiger partial charge in [0.15, 0.2) is 0 Å². The SMILES string of the molecule is CC(C)(C)OC(=O)NCC1CCC(C(=O)N[C@H](COOCc2ccccc2)Cc2ccc(-c3ccccc3)cc2)CC1. The first-order chi connectivity index (χ1) is 20.2. The predicted molar refractivity (Wildman–Crippen MR) is 164 cm³/mol. The van der Waals surface area contributed by atoms with E-state index in [4.69, 9.17) is 14.5 Å². The van der Waals surface area contributed by atoms with Gasteiger partial charge in [-0.1, -0.05) is 84.9 Å². The van der Waals surface area contributed by atoms with Gasteiger partial charge in [0.05, 0.1) is 6.04 Å². The summed E-state index contributed by atoms with van der Waals surface area (Å²) in [6, 6.07) is 28.3. The van der Waals surface area contributed by atoms with E-state index in [9.17, 15) is 9.59 Å². The van der Waals surface area contributed by atoms with Gasteiger partial charge in [-0.25, -0.2) is 14.6 Å². The molecule has 7 nitrogen and oxygen atoms in total. The van der Waals surface area contributed by atoms with Crippen LogP contribution in [0.25, 0.3) is 11.1 Å². The average Bonchev–Trinajstić information content (AvgIpc) is 2.99. The second-order valence-corrected chi connectivity index (χ2v) is 12.1. The molecule has 2 N–H and O–H groups in total. The monoisotopic (exact) mass is 572 g/mol. The molecule has 1 fully saturated rings. The fourth-order valence-corrected chi connectivity index (χ4v) is 5.20. The molecule has 0 unspecified atom stereocenters. The van der Waals surface area contributed by atoms with E-state index >= 15 is 0 Å². The lowest BCUT2D eigenvalue weighted by atomic mass is 9.81. The minimum Gasteiger partial charge on any atom is -0.444 e. The molecule has 2 amide bonds. The zero-order valence-electron chi connectivity index (χ0n) is 25.0. The Morgan fingerprint density at radius 3 is 2.05 bits per heavy atom. The van der Waals surface area contributed by atoms with Crippen LogP contribution in [0.3, 0.4) is 0 Å². The van der Waals surface area contributed by atoms with Crippen molar-refractivity contribution in [3.63, 3.8) is 0 Å². The number of carbonyl (C=O) groups is 2. The summed E-state index contributed by atoms with van der Waals surface area (Å²) in [4.78, 5) is 36.4. The van der Waals surface area contributed by atoms with Crippen LogP contribution in [0.2, 0.25) is 0 Å². The van der Waals surface area contributed by atoms with E-state index in [-0.39, 0.29) is 24.5 Å². The lowest BCUT2D eigenvalue weighted by Crippen LogP contribution is -2.44. The minimum atomic E-state index is -0.517. The summed E-state index contributed by atoms with van der Waals surface area (Å²) in [6.07, 6.45) is 3.58. The third-order valence-electron chi connectivity index (χ3n) is 7.46. The van der Waals surface area contributed by atoms with Gasteiger partial charge < -0.3 is 15.4 Å². The summed E-state index contributed by atoms with van der Waals surface area (Å²) in [5, 5.41) is 6.11. The Hall–Kier alpha value is -3.68. The molecule has 3 aromatic carbocycles. The Morgan fingerprint density at radius 2 is 1.40 bits per heavy atom. The van der Waals surface area contributed by atoms with E-state index in [0.717, 1.165) is 42.4 Å². The van der Waals surface area contributed by atoms with Crippen molar-refractivity contribution in [2.75, 3.05) is 13.2 Å². The van der Waals surface area contributed by atoms with Gasteiger partial charge in [0, 0.05) is 12.5 Å². The van der Waals surface area contributed by atoms with Gasteiger partial charge in [0.1, 0.15) is 18.8 Å². The topological polar surface area (TPSA) is 85.9 Å². The van der Waals surface area contributed by atoms with Crippen LogP contribution >= 0.6 is 0 Å². The number of hydrogen-bond donors (Lipinski definition) is 2. The number of ether oxygens (including phenoxy) is 1. The molecule has 1 saturated carbocycles. The number of hydrogen-bond acceptors (Lipinski definition) is 5. The maximum atomic E-state index is 13.3. The van der Waals surface area contributed by atoms with Gasteiger partial charge in [-0.3, -0.25) is 4.79 Å². The number of amides is 2. The zero-order valence-corrected chi connectivity index (χ0v) is 25.0. The van der Waals surface area contributed by atoms with Crippen molar-refractivity contribution < 1.29 is 24.1 Å². The molecule has 1 atom stereocenters. The van der Waals surface area contributed by atoms with Gasteiger partial charge in [0.25, 0.3) is 0 Å². The Balaban J connectivity index is 1.29. The smallest absolute Gasteiger partial charge is 0.407 e. The standard InChI is InChI=1S/C35H44N2O5/c1-35(2,3)42-34(39)36-23-27-16-20-31(21-17-27)33(38)37-32(25-41-40-24-28-10-6-4-7-11-28)22-26-14-18-30(19-15-26)29-12-8-5-9-13-29/h4-15,18-19,27,31-32H,16-17,20-25H2,1-3H3,(H,36,39)(H,37,38)/t27?,31?,32-/m0/s1. The lowest BCUT2D eigenvalue weighted by molar-refractivity contribution is -0.306. The van der Waals surface area contributed by atoms with Gasteiger partial charge in [-0.15, -0.1) is 0 Å². The molecule has 7 heteroatoms. The molecule has 42 heavy (non-hydrogen) atoms. The predicted octanol–water partition coefficient (Wildman–Crippen LogP) is 6.86. The fraction of sp³-hybridized carbons (Fsp3) is 0.429. The number of rotatable bonds is 12. The van der Waals surface area contributed by atoms with Crippen molar-refractivity contribution in [1.29, 1.82) is 0 Å². The molecule has 0 aliphatic heterocycles. The Bertz CT molecular complexity index is 1230. The highest BCUT2D eigenvalue weighted by Gasteiger charge is 2.28. The number of nitrogens with one attached hydrogen (secondary N) is 2. The van der Waals surface area contributed by atoms with Crippen molar-refractivity contribution in [1.82, 2.24) is 10.6 Å². The van der Waals surface area contributed by atoms with E-state index < -0.39 is 11.7 Å². The van der Waals surface area contributed by atoms with Gasteiger partial charge in [-0.05, 0) is 81.0 Å². The maximum Gasteiger partial charge on any atom is 0.407 e. The molecular weight excluding hydrogens is 528 g/mol. The molecule has 0 spiro atoms. The molecule has 0 aromatic heterocycles. The highest BCUT2D eigenvalue weighted by Crippen LogP contribution is 2.29. The first kappa shape index (κ1) is 31.3. The first-order valence-corrected chi connectivity index (χ1v) is 14.9. The van der Waals surface area contributed by atoms with Crippen LogP contribution in [0.5, 0.6) is 0 Å². The molecule has 4 rings (SSSR count). The van der Waals surface area contributed by atoms with Gasteiger partial charge in [-0.2, -0.15) is 0 Å². The summed E-state index contributed by atoms with van der Waals surface area (Å²) < 4.78 is 5.34. The third kappa shape index (κ3) is 10.6. The van der Waals surface area contributed by atoms with E-state index in [1.165, 1.54) is 5.56 Å². The molecule has 1 aliphatic rings. The van der Waals surface area contributed by atoms with Crippen LogP contribution in [0.1, 0.15) is 57.6 Å². The summed E-state index contributed by atoms with van der Waals surface area (Å²) in [5.41, 5.74) is 3.94. The van der Waals surface area contributed by atoms with Crippen molar-refractivity contribution in [2.24, 2.45) is 11.8 Å². The molecule has 3 aromatic rings. The second kappa shape index (κ2) is 15.5. The summed E-state index contributed by atoms with van der Waals surface area (Å²) >= 11 is 0. The first-order valence-electron chi connectivity index (χ1n) is 14.9. The van der Waals surface area contributed by atoms with Crippen molar-refractivity contribution in [2.45, 2.75) is 71.1 Å². The van der Waals surface area contributed by atoms with Gasteiger partial charge in [0.2, 0.25) is 5.91 Å². The molecule has 0 saturated heterocycles. The van der Waals surface area contributed by atoms with Crippen LogP contribution in [-0.4, -0.2) is 36.8 Å². The molecule has 0 heterocycles. The number of benzene rings is 3. The van der Waals surface area contributed by atoms with E-state index in [1.807, 2.05) is 69.3 Å². The average molecular weight is 573 g/mol. The highest BCUT2D eigenvalue weighted by atomic mass is 17.2. The van der Waals surface area contributed by atoms with Crippen LogP contribution in [-0.2, 0) is 32.3 Å². The highest BCUT2D eigenvalue weighted by molar-refractivity contribution is 5.79. The fourth-order valence-electron chi connectivity index (χ4n) is 5.20. The quantitative estimate of drug-likeness (QED) is 0.141. The van der Waals surface area contributed by atoms with Crippen molar-refractivity contribution in [3.05, 3.63) is 96.1 Å². The lowest BCUT2D eigenvalue weighted by Gasteiger charge is -2.29. The third-order valence-corrected chi connectivity index (χ3v) is 7.46. The minimum absolute atomic E-state index is 0.0473. The molecule has 0 bridgehead atoms. The van der Waals surface area contributed by atoms with E-state index in [2.05, 4.69) is 47.0 Å². The van der Waals surface area contributed by atoms with Crippen LogP contribution in [0.4, 0.5) is 4.79 Å². The van der Waals surface area contributed by atoms with Gasteiger partial charge >= 0.3 is 6.09 Å². The number of alkyl carbamates (subject to hydrolysis) is 1. The Kier molecular flexibility index (Phi) is 11.6. The van der Waals surface area contributed by atoms with Crippen molar-refractivity contribution >= 4 is 12.0 Å². The molecule has 224 valence electrons. The van der Waals surface area contributed by atoms with Crippen molar-refractivity contribution in [3.8, 4) is 11.1 Å². The van der Waals surface area contributed by atoms with Crippen LogP contribution < -0.4 is 10.6 Å². The van der Waals surface area contributed by atoms with Crippen LogP contribution in [0, 0.1) is 11.8 Å². The number of carbonyl (C=O) groups excluding carboxylic acids is 2. The van der Waals surface area contributed by atoms with E-state index in [0.29, 0.717) is 25.5 Å².